The molecule has 0 bridgehead atoms. The van der Waals surface area contributed by atoms with Crippen molar-refractivity contribution >= 4 is 16.8 Å². The molecule has 2 aromatic carbocycles. The van der Waals surface area contributed by atoms with Crippen LogP contribution in [0.1, 0.15) is 27.0 Å². The highest BCUT2D eigenvalue weighted by Crippen LogP contribution is 2.20. The van der Waals surface area contributed by atoms with Crippen molar-refractivity contribution in [2.24, 2.45) is 0 Å². The zero-order valence-electron chi connectivity index (χ0n) is 15.3. The number of pyridine rings is 1. The van der Waals surface area contributed by atoms with Gasteiger partial charge in [0.2, 0.25) is 0 Å². The van der Waals surface area contributed by atoms with Crippen LogP contribution >= 0.6 is 0 Å². The third-order valence-corrected chi connectivity index (χ3v) is 4.61. The Kier molecular flexibility index (Phi) is 5.37. The topological polar surface area (TPSA) is 73.4 Å². The van der Waals surface area contributed by atoms with Gasteiger partial charge in [0.25, 0.3) is 11.5 Å². The van der Waals surface area contributed by atoms with Gasteiger partial charge in [0.15, 0.2) is 0 Å². The van der Waals surface area contributed by atoms with Crippen molar-refractivity contribution in [2.75, 3.05) is 13.2 Å². The molecule has 5 nitrogen and oxygen atoms in total. The van der Waals surface area contributed by atoms with E-state index in [1.54, 1.807) is 6.07 Å². The van der Waals surface area contributed by atoms with E-state index in [0.717, 1.165) is 28.1 Å². The first-order valence-corrected chi connectivity index (χ1v) is 8.68. The molecule has 3 aromatic rings. The van der Waals surface area contributed by atoms with E-state index >= 15 is 0 Å². The smallest absolute Gasteiger partial charge is 0.254 e. The number of halogens is 1. The van der Waals surface area contributed by atoms with Gasteiger partial charge in [0, 0.05) is 23.1 Å². The Morgan fingerprint density at radius 1 is 1.15 bits per heavy atom. The van der Waals surface area contributed by atoms with Crippen molar-refractivity contribution < 1.29 is 14.3 Å². The minimum absolute atomic E-state index is 0.0224. The normalized spacial score (nSPS) is 11.0. The molecule has 27 heavy (non-hydrogen) atoms. The van der Waals surface area contributed by atoms with E-state index in [-0.39, 0.29) is 30.8 Å². The summed E-state index contributed by atoms with van der Waals surface area (Å²) in [6.07, 6.45) is 0. The highest BCUT2D eigenvalue weighted by atomic mass is 19.1. The number of carbonyl (C=O) groups is 1. The van der Waals surface area contributed by atoms with Gasteiger partial charge in [-0.25, -0.2) is 4.39 Å². The SMILES string of the molecule is Cc1ccc(C)c2[nH]c(=O)c(CN(CCO)C(=O)c3cccc(F)c3)cc12. The number of H-pyrrole nitrogens is 1. The molecule has 1 heterocycles. The van der Waals surface area contributed by atoms with Crippen LogP contribution in [-0.4, -0.2) is 34.0 Å². The number of nitrogens with one attached hydrogen (secondary N) is 1. The lowest BCUT2D eigenvalue weighted by atomic mass is 10.0. The number of nitrogens with zero attached hydrogens (tertiary/aromatic N) is 1. The van der Waals surface area contributed by atoms with Gasteiger partial charge in [-0.15, -0.1) is 0 Å². The maximum absolute atomic E-state index is 13.4. The summed E-state index contributed by atoms with van der Waals surface area (Å²) >= 11 is 0. The molecular formula is C21H21FN2O3. The zero-order chi connectivity index (χ0) is 19.6. The molecule has 0 spiro atoms. The fourth-order valence-electron chi connectivity index (χ4n) is 3.12. The highest BCUT2D eigenvalue weighted by molar-refractivity contribution is 5.94. The van der Waals surface area contributed by atoms with Crippen molar-refractivity contribution in [1.82, 2.24) is 9.88 Å². The van der Waals surface area contributed by atoms with E-state index in [0.29, 0.717) is 5.56 Å². The lowest BCUT2D eigenvalue weighted by Crippen LogP contribution is -2.35. The van der Waals surface area contributed by atoms with Gasteiger partial charge in [-0.2, -0.15) is 0 Å². The summed E-state index contributed by atoms with van der Waals surface area (Å²) in [6.45, 7) is 3.68. The van der Waals surface area contributed by atoms with E-state index in [1.165, 1.54) is 23.1 Å². The molecule has 1 amide bonds. The van der Waals surface area contributed by atoms with Crippen LogP contribution in [-0.2, 0) is 6.54 Å². The number of aromatic nitrogens is 1. The summed E-state index contributed by atoms with van der Waals surface area (Å²) in [5.41, 5.74) is 3.04. The van der Waals surface area contributed by atoms with Crippen molar-refractivity contribution in [3.05, 3.63) is 80.9 Å². The first-order chi connectivity index (χ1) is 12.9. The maximum Gasteiger partial charge on any atom is 0.254 e. The van der Waals surface area contributed by atoms with Crippen LogP contribution in [0.4, 0.5) is 4.39 Å². The molecule has 2 N–H and O–H groups in total. The van der Waals surface area contributed by atoms with E-state index in [9.17, 15) is 19.1 Å². The van der Waals surface area contributed by atoms with Crippen LogP contribution in [0.25, 0.3) is 10.9 Å². The highest BCUT2D eigenvalue weighted by Gasteiger charge is 2.18. The number of amides is 1. The summed E-state index contributed by atoms with van der Waals surface area (Å²) < 4.78 is 13.4. The lowest BCUT2D eigenvalue weighted by Gasteiger charge is -2.22. The first-order valence-electron chi connectivity index (χ1n) is 8.68. The number of fused-ring (bicyclic) bond motifs is 1. The molecular weight excluding hydrogens is 347 g/mol. The Hall–Kier alpha value is -2.99. The van der Waals surface area contributed by atoms with Crippen LogP contribution in [0.15, 0.2) is 47.3 Å². The predicted molar refractivity (Wildman–Crippen MR) is 102 cm³/mol. The Morgan fingerprint density at radius 2 is 1.89 bits per heavy atom. The lowest BCUT2D eigenvalue weighted by molar-refractivity contribution is 0.0706. The second kappa shape index (κ2) is 7.72. The number of aliphatic hydroxyl groups is 1. The summed E-state index contributed by atoms with van der Waals surface area (Å²) in [4.78, 5) is 29.5. The number of carbonyl (C=O) groups excluding carboxylic acids is 1. The largest absolute Gasteiger partial charge is 0.395 e. The van der Waals surface area contributed by atoms with Gasteiger partial charge < -0.3 is 15.0 Å². The molecule has 0 atom stereocenters. The molecule has 0 unspecified atom stereocenters. The second-order valence-corrected chi connectivity index (χ2v) is 6.57. The van der Waals surface area contributed by atoms with Gasteiger partial charge in [-0.1, -0.05) is 18.2 Å². The van der Waals surface area contributed by atoms with Crippen LogP contribution in [0.3, 0.4) is 0 Å². The summed E-state index contributed by atoms with van der Waals surface area (Å²) in [5.74, 6) is -0.955. The third kappa shape index (κ3) is 3.90. The van der Waals surface area contributed by atoms with E-state index in [2.05, 4.69) is 4.98 Å². The van der Waals surface area contributed by atoms with Crippen LogP contribution < -0.4 is 5.56 Å². The fourth-order valence-corrected chi connectivity index (χ4v) is 3.12. The van der Waals surface area contributed by atoms with Crippen molar-refractivity contribution in [1.29, 1.82) is 0 Å². The van der Waals surface area contributed by atoms with Gasteiger partial charge in [-0.05, 0) is 49.2 Å². The Labute approximate surface area is 156 Å². The van der Waals surface area contributed by atoms with Crippen LogP contribution in [0.2, 0.25) is 0 Å². The first kappa shape index (κ1) is 18.8. The molecule has 0 aliphatic rings. The molecule has 140 valence electrons. The minimum atomic E-state index is -0.514. The molecule has 0 aliphatic carbocycles. The summed E-state index contributed by atoms with van der Waals surface area (Å²) in [7, 11) is 0. The molecule has 0 saturated carbocycles. The number of hydrogen-bond acceptors (Lipinski definition) is 3. The molecule has 6 heteroatoms. The average molecular weight is 368 g/mol. The van der Waals surface area contributed by atoms with Gasteiger partial charge in [0.05, 0.1) is 18.7 Å². The number of aromatic amines is 1. The molecule has 3 rings (SSSR count). The number of aryl methyl sites for hydroxylation is 2. The Bertz CT molecular complexity index is 1060. The molecule has 0 saturated heterocycles. The van der Waals surface area contributed by atoms with Crippen LogP contribution in [0.5, 0.6) is 0 Å². The number of rotatable bonds is 5. The zero-order valence-corrected chi connectivity index (χ0v) is 15.3. The minimum Gasteiger partial charge on any atom is -0.395 e. The second-order valence-electron chi connectivity index (χ2n) is 6.57. The van der Waals surface area contributed by atoms with Gasteiger partial charge in [0.1, 0.15) is 5.82 Å². The quantitative estimate of drug-likeness (QED) is 0.727. The summed E-state index contributed by atoms with van der Waals surface area (Å²) in [6, 6.07) is 11.1. The standard InChI is InChI=1S/C21H21FN2O3/c1-13-6-7-14(2)19-18(13)11-16(20(26)23-19)12-24(8-9-25)21(27)15-4-3-5-17(22)10-15/h3-7,10-11,25H,8-9,12H2,1-2H3,(H,23,26). The monoisotopic (exact) mass is 368 g/mol. The van der Waals surface area contributed by atoms with E-state index in [1.807, 2.05) is 26.0 Å². The summed E-state index contributed by atoms with van der Waals surface area (Å²) in [5, 5.41) is 10.2. The van der Waals surface area contributed by atoms with Gasteiger partial charge in [-0.3, -0.25) is 9.59 Å². The van der Waals surface area contributed by atoms with Gasteiger partial charge >= 0.3 is 0 Å². The van der Waals surface area contributed by atoms with Crippen LogP contribution in [0, 0.1) is 19.7 Å². The molecule has 0 radical (unpaired) electrons. The van der Waals surface area contributed by atoms with Crippen molar-refractivity contribution in [2.45, 2.75) is 20.4 Å². The number of hydrogen-bond donors (Lipinski definition) is 2. The Morgan fingerprint density at radius 3 is 2.59 bits per heavy atom. The van der Waals surface area contributed by atoms with Crippen molar-refractivity contribution in [3.63, 3.8) is 0 Å². The fraction of sp³-hybridized carbons (Fsp3) is 0.238. The maximum atomic E-state index is 13.4. The van der Waals surface area contributed by atoms with E-state index < -0.39 is 11.7 Å². The molecule has 0 aliphatic heterocycles. The third-order valence-electron chi connectivity index (χ3n) is 4.61. The predicted octanol–water partition coefficient (Wildman–Crippen LogP) is 2.92. The van der Waals surface area contributed by atoms with E-state index in [4.69, 9.17) is 0 Å². The number of benzene rings is 2. The molecule has 1 aromatic heterocycles. The Balaban J connectivity index is 1.99. The average Bonchev–Trinajstić information content (AvgIpc) is 2.65. The van der Waals surface area contributed by atoms with Crippen molar-refractivity contribution in [3.8, 4) is 0 Å². The molecule has 0 fully saturated rings. The number of aliphatic hydroxyl groups excluding tert-OH is 1.